The number of anilines is 1. The highest BCUT2D eigenvalue weighted by atomic mass is 35.5. The lowest BCUT2D eigenvalue weighted by molar-refractivity contribution is 1.07. The Labute approximate surface area is 96.7 Å². The largest absolute Gasteiger partial charge is 0.382 e. The van der Waals surface area contributed by atoms with Crippen molar-refractivity contribution in [3.05, 3.63) is 41.7 Å². The van der Waals surface area contributed by atoms with Crippen molar-refractivity contribution >= 4 is 29.2 Å². The first-order valence-electron chi connectivity index (χ1n) is 4.25. The molecule has 2 aromatic rings. The molecule has 0 spiro atoms. The van der Waals surface area contributed by atoms with Gasteiger partial charge in [0.1, 0.15) is 10.8 Å². The molecule has 0 amide bonds. The van der Waals surface area contributed by atoms with E-state index >= 15 is 0 Å². The SMILES string of the molecule is Nc1cncc(Sc2cccc(Cl)c2)n1. The fraction of sp³-hybridized carbons (Fsp3) is 0. The Bertz CT molecular complexity index is 432. The Kier molecular flexibility index (Phi) is 3.08. The van der Waals surface area contributed by atoms with Gasteiger partial charge in [-0.05, 0) is 18.2 Å². The first-order valence-corrected chi connectivity index (χ1v) is 5.44. The summed E-state index contributed by atoms with van der Waals surface area (Å²) in [4.78, 5) is 9.11. The molecule has 0 aliphatic rings. The predicted molar refractivity (Wildman–Crippen MR) is 62.0 cm³/mol. The molecule has 0 bridgehead atoms. The van der Waals surface area contributed by atoms with Crippen molar-refractivity contribution in [2.24, 2.45) is 0 Å². The first kappa shape index (κ1) is 10.3. The van der Waals surface area contributed by atoms with Gasteiger partial charge >= 0.3 is 0 Å². The van der Waals surface area contributed by atoms with Gasteiger partial charge in [0.15, 0.2) is 0 Å². The average Bonchev–Trinajstić information content (AvgIpc) is 2.17. The van der Waals surface area contributed by atoms with Gasteiger partial charge in [-0.25, -0.2) is 4.98 Å². The van der Waals surface area contributed by atoms with Crippen molar-refractivity contribution in [2.75, 3.05) is 5.73 Å². The van der Waals surface area contributed by atoms with Crippen LogP contribution in [0.5, 0.6) is 0 Å². The van der Waals surface area contributed by atoms with E-state index in [1.807, 2.05) is 24.3 Å². The quantitative estimate of drug-likeness (QED) is 0.873. The molecule has 0 radical (unpaired) electrons. The molecule has 0 fully saturated rings. The van der Waals surface area contributed by atoms with Crippen molar-refractivity contribution in [3.8, 4) is 0 Å². The summed E-state index contributed by atoms with van der Waals surface area (Å²) < 4.78 is 0. The number of hydrogen-bond donors (Lipinski definition) is 1. The molecule has 1 aromatic heterocycles. The predicted octanol–water partition coefficient (Wildman–Crippen LogP) is 2.86. The molecule has 0 unspecified atom stereocenters. The zero-order chi connectivity index (χ0) is 10.7. The Morgan fingerprint density at radius 2 is 2.13 bits per heavy atom. The second kappa shape index (κ2) is 4.51. The van der Waals surface area contributed by atoms with Crippen LogP contribution in [0.15, 0.2) is 46.6 Å². The summed E-state index contributed by atoms with van der Waals surface area (Å²) in [6, 6.07) is 7.56. The van der Waals surface area contributed by atoms with Crippen LogP contribution in [0.4, 0.5) is 5.82 Å². The van der Waals surface area contributed by atoms with E-state index in [2.05, 4.69) is 9.97 Å². The van der Waals surface area contributed by atoms with Crippen molar-refractivity contribution in [3.63, 3.8) is 0 Å². The van der Waals surface area contributed by atoms with Gasteiger partial charge in [-0.2, -0.15) is 0 Å². The fourth-order valence-electron chi connectivity index (χ4n) is 1.06. The number of nitrogen functional groups attached to an aromatic ring is 1. The normalized spacial score (nSPS) is 10.2. The summed E-state index contributed by atoms with van der Waals surface area (Å²) in [5.41, 5.74) is 5.53. The van der Waals surface area contributed by atoms with Crippen LogP contribution in [0.1, 0.15) is 0 Å². The number of rotatable bonds is 2. The molecule has 2 N–H and O–H groups in total. The number of nitrogens with zero attached hydrogens (tertiary/aromatic N) is 2. The fourth-order valence-corrected chi connectivity index (χ4v) is 2.16. The van der Waals surface area contributed by atoms with Crippen LogP contribution >= 0.6 is 23.4 Å². The summed E-state index contributed by atoms with van der Waals surface area (Å²) in [7, 11) is 0. The highest BCUT2D eigenvalue weighted by molar-refractivity contribution is 7.99. The molecule has 15 heavy (non-hydrogen) atoms. The molecule has 3 nitrogen and oxygen atoms in total. The van der Waals surface area contributed by atoms with E-state index in [0.29, 0.717) is 10.8 Å². The van der Waals surface area contributed by atoms with Crippen LogP contribution in [0, 0.1) is 0 Å². The van der Waals surface area contributed by atoms with E-state index in [-0.39, 0.29) is 0 Å². The van der Waals surface area contributed by atoms with Gasteiger partial charge in [0, 0.05) is 9.92 Å². The number of benzene rings is 1. The molecule has 2 rings (SSSR count). The Morgan fingerprint density at radius 1 is 1.27 bits per heavy atom. The third-order valence-corrected chi connectivity index (χ3v) is 2.78. The minimum Gasteiger partial charge on any atom is -0.382 e. The molecule has 76 valence electrons. The van der Waals surface area contributed by atoms with Crippen molar-refractivity contribution < 1.29 is 0 Å². The summed E-state index contributed by atoms with van der Waals surface area (Å²) in [6.45, 7) is 0. The van der Waals surface area contributed by atoms with Crippen molar-refractivity contribution in [2.45, 2.75) is 9.92 Å². The Hall–Kier alpha value is -1.26. The van der Waals surface area contributed by atoms with Gasteiger partial charge in [0.05, 0.1) is 12.4 Å². The van der Waals surface area contributed by atoms with E-state index in [0.717, 1.165) is 9.92 Å². The van der Waals surface area contributed by atoms with Gasteiger partial charge in [0.2, 0.25) is 0 Å². The molecule has 0 saturated heterocycles. The Morgan fingerprint density at radius 3 is 2.87 bits per heavy atom. The lowest BCUT2D eigenvalue weighted by Crippen LogP contribution is -1.91. The standard InChI is InChI=1S/C10H8ClN3S/c11-7-2-1-3-8(4-7)15-10-6-13-5-9(12)14-10/h1-6H,(H2,12,14). The van der Waals surface area contributed by atoms with Gasteiger partial charge in [-0.1, -0.05) is 29.4 Å². The summed E-state index contributed by atoms with van der Waals surface area (Å²) in [6.07, 6.45) is 3.18. The number of nitrogens with two attached hydrogens (primary N) is 1. The number of hydrogen-bond acceptors (Lipinski definition) is 4. The lowest BCUT2D eigenvalue weighted by atomic mass is 10.4. The van der Waals surface area contributed by atoms with E-state index in [4.69, 9.17) is 17.3 Å². The molecule has 0 aliphatic carbocycles. The third kappa shape index (κ3) is 2.84. The smallest absolute Gasteiger partial charge is 0.143 e. The van der Waals surface area contributed by atoms with Crippen LogP contribution in [0.25, 0.3) is 0 Å². The topological polar surface area (TPSA) is 51.8 Å². The maximum atomic E-state index is 5.87. The third-order valence-electron chi connectivity index (χ3n) is 1.65. The van der Waals surface area contributed by atoms with Gasteiger partial charge < -0.3 is 5.73 Å². The summed E-state index contributed by atoms with van der Waals surface area (Å²) >= 11 is 7.35. The van der Waals surface area contributed by atoms with E-state index in [1.54, 1.807) is 6.20 Å². The van der Waals surface area contributed by atoms with Gasteiger partial charge in [-0.15, -0.1) is 0 Å². The second-order valence-electron chi connectivity index (χ2n) is 2.84. The lowest BCUT2D eigenvalue weighted by Gasteiger charge is -2.01. The first-order chi connectivity index (χ1) is 7.24. The van der Waals surface area contributed by atoms with Gasteiger partial charge in [0.25, 0.3) is 0 Å². The van der Waals surface area contributed by atoms with Crippen LogP contribution in [0.3, 0.4) is 0 Å². The van der Waals surface area contributed by atoms with Crippen LogP contribution in [-0.4, -0.2) is 9.97 Å². The molecule has 0 aliphatic heterocycles. The van der Waals surface area contributed by atoms with Crippen molar-refractivity contribution in [1.82, 2.24) is 9.97 Å². The van der Waals surface area contributed by atoms with E-state index in [1.165, 1.54) is 18.0 Å². The zero-order valence-electron chi connectivity index (χ0n) is 7.72. The highest BCUT2D eigenvalue weighted by Crippen LogP contribution is 2.27. The van der Waals surface area contributed by atoms with Crippen LogP contribution in [0.2, 0.25) is 5.02 Å². The monoisotopic (exact) mass is 237 g/mol. The molecule has 1 aromatic carbocycles. The molecule has 0 atom stereocenters. The highest BCUT2D eigenvalue weighted by Gasteiger charge is 2.00. The van der Waals surface area contributed by atoms with Crippen LogP contribution < -0.4 is 5.73 Å². The zero-order valence-corrected chi connectivity index (χ0v) is 9.29. The minimum atomic E-state index is 0.419. The summed E-state index contributed by atoms with van der Waals surface area (Å²) in [5.74, 6) is 0.419. The molecule has 5 heteroatoms. The minimum absolute atomic E-state index is 0.419. The van der Waals surface area contributed by atoms with E-state index < -0.39 is 0 Å². The van der Waals surface area contributed by atoms with Crippen molar-refractivity contribution in [1.29, 1.82) is 0 Å². The van der Waals surface area contributed by atoms with Gasteiger partial charge in [-0.3, -0.25) is 4.98 Å². The molecular formula is C10H8ClN3S. The number of aromatic nitrogens is 2. The van der Waals surface area contributed by atoms with E-state index in [9.17, 15) is 0 Å². The molecule has 0 saturated carbocycles. The summed E-state index contributed by atoms with van der Waals surface area (Å²) in [5, 5.41) is 1.47. The second-order valence-corrected chi connectivity index (χ2v) is 4.37. The van der Waals surface area contributed by atoms with Crippen LogP contribution in [-0.2, 0) is 0 Å². The average molecular weight is 238 g/mol. The maximum absolute atomic E-state index is 5.87. The Balaban J connectivity index is 2.22. The molecule has 1 heterocycles. The number of halogens is 1. The molecular weight excluding hydrogens is 230 g/mol. The maximum Gasteiger partial charge on any atom is 0.143 e.